The molecule has 1 N–H and O–H groups in total. The summed E-state index contributed by atoms with van der Waals surface area (Å²) in [6.45, 7) is 1.83. The molecule has 1 aliphatic rings. The highest BCUT2D eigenvalue weighted by atomic mass is 19.1. The van der Waals surface area contributed by atoms with Gasteiger partial charge >= 0.3 is 0 Å². The fraction of sp³-hybridized carbons (Fsp3) is 0.308. The van der Waals surface area contributed by atoms with E-state index in [1.165, 1.54) is 4.68 Å². The molecule has 0 saturated heterocycles. The second kappa shape index (κ2) is 3.58. The standard InChI is InChI=1S/C13H13FN2O/c1-8-5-13(17)16(15-8)10-4-2-3-9(6-10)11-7-12(11)14/h2-6,11-12,15H,7H2,1H3. The van der Waals surface area contributed by atoms with Crippen molar-refractivity contribution in [3.63, 3.8) is 0 Å². The molecule has 1 aliphatic carbocycles. The summed E-state index contributed by atoms with van der Waals surface area (Å²) in [7, 11) is 0. The van der Waals surface area contributed by atoms with Gasteiger partial charge in [0.15, 0.2) is 0 Å². The number of aromatic nitrogens is 2. The molecule has 17 heavy (non-hydrogen) atoms. The minimum absolute atomic E-state index is 0.0155. The highest BCUT2D eigenvalue weighted by Crippen LogP contribution is 2.43. The molecule has 2 atom stereocenters. The Morgan fingerprint density at radius 2 is 2.18 bits per heavy atom. The van der Waals surface area contributed by atoms with Crippen molar-refractivity contribution < 1.29 is 4.39 Å². The van der Waals surface area contributed by atoms with Crippen LogP contribution in [0.25, 0.3) is 5.69 Å². The van der Waals surface area contributed by atoms with Gasteiger partial charge in [-0.1, -0.05) is 12.1 Å². The summed E-state index contributed by atoms with van der Waals surface area (Å²) in [6, 6.07) is 9.03. The third-order valence-corrected chi connectivity index (χ3v) is 3.12. The van der Waals surface area contributed by atoms with Gasteiger partial charge in [0.25, 0.3) is 5.56 Å². The van der Waals surface area contributed by atoms with E-state index in [1.54, 1.807) is 6.07 Å². The average molecular weight is 232 g/mol. The van der Waals surface area contributed by atoms with Crippen LogP contribution < -0.4 is 5.56 Å². The number of nitrogens with one attached hydrogen (secondary N) is 1. The van der Waals surface area contributed by atoms with Crippen molar-refractivity contribution >= 4 is 0 Å². The smallest absolute Gasteiger partial charge is 0.271 e. The first-order valence-electron chi connectivity index (χ1n) is 5.68. The van der Waals surface area contributed by atoms with Crippen molar-refractivity contribution in [1.29, 1.82) is 0 Å². The first-order valence-corrected chi connectivity index (χ1v) is 5.68. The van der Waals surface area contributed by atoms with Crippen molar-refractivity contribution in [2.24, 2.45) is 0 Å². The van der Waals surface area contributed by atoms with E-state index < -0.39 is 6.17 Å². The van der Waals surface area contributed by atoms with Gasteiger partial charge in [0.2, 0.25) is 0 Å². The zero-order valence-corrected chi connectivity index (χ0v) is 9.48. The number of aryl methyl sites for hydroxylation is 1. The molecule has 2 unspecified atom stereocenters. The first-order chi connectivity index (χ1) is 8.15. The Hall–Kier alpha value is -1.84. The number of H-pyrrole nitrogens is 1. The van der Waals surface area contributed by atoms with Gasteiger partial charge in [-0.2, -0.15) is 0 Å². The summed E-state index contributed by atoms with van der Waals surface area (Å²) in [5, 5.41) is 2.97. The molecule has 0 spiro atoms. The normalized spacial score (nSPS) is 22.7. The van der Waals surface area contributed by atoms with Gasteiger partial charge in [0, 0.05) is 17.7 Å². The molecule has 2 aromatic rings. The van der Waals surface area contributed by atoms with Crippen LogP contribution in [0, 0.1) is 6.92 Å². The fourth-order valence-corrected chi connectivity index (χ4v) is 2.11. The molecule has 88 valence electrons. The Balaban J connectivity index is 2.03. The highest BCUT2D eigenvalue weighted by molar-refractivity contribution is 5.39. The summed E-state index contributed by atoms with van der Waals surface area (Å²) in [6.07, 6.45) is -0.116. The molecule has 0 radical (unpaired) electrons. The van der Waals surface area contributed by atoms with Crippen molar-refractivity contribution in [2.75, 3.05) is 0 Å². The van der Waals surface area contributed by atoms with Crippen LogP contribution in [0.2, 0.25) is 0 Å². The predicted octanol–water partition coefficient (Wildman–Crippen LogP) is 2.30. The zero-order chi connectivity index (χ0) is 12.0. The molecule has 0 amide bonds. The van der Waals surface area contributed by atoms with Crippen LogP contribution in [-0.4, -0.2) is 16.0 Å². The molecule has 1 heterocycles. The summed E-state index contributed by atoms with van der Waals surface area (Å²) >= 11 is 0. The van der Waals surface area contributed by atoms with E-state index >= 15 is 0 Å². The number of alkyl halides is 1. The topological polar surface area (TPSA) is 37.8 Å². The van der Waals surface area contributed by atoms with Crippen LogP contribution in [0.3, 0.4) is 0 Å². The van der Waals surface area contributed by atoms with Crippen molar-refractivity contribution in [1.82, 2.24) is 9.78 Å². The highest BCUT2D eigenvalue weighted by Gasteiger charge is 2.38. The molecule has 1 aromatic heterocycles. The lowest BCUT2D eigenvalue weighted by Gasteiger charge is -2.04. The largest absolute Gasteiger partial charge is 0.295 e. The maximum absolute atomic E-state index is 13.0. The van der Waals surface area contributed by atoms with Crippen molar-refractivity contribution in [3.05, 3.63) is 51.9 Å². The Kier molecular flexibility index (Phi) is 2.18. The minimum Gasteiger partial charge on any atom is -0.295 e. The van der Waals surface area contributed by atoms with E-state index in [0.717, 1.165) is 16.9 Å². The zero-order valence-electron chi connectivity index (χ0n) is 9.48. The quantitative estimate of drug-likeness (QED) is 0.847. The second-order valence-corrected chi connectivity index (χ2v) is 4.57. The van der Waals surface area contributed by atoms with Gasteiger partial charge in [-0.3, -0.25) is 9.89 Å². The number of aromatic amines is 1. The van der Waals surface area contributed by atoms with Crippen LogP contribution in [0.4, 0.5) is 4.39 Å². The van der Waals surface area contributed by atoms with Crippen LogP contribution in [-0.2, 0) is 0 Å². The van der Waals surface area contributed by atoms with Crippen molar-refractivity contribution in [2.45, 2.75) is 25.4 Å². The molecule has 1 saturated carbocycles. The average Bonchev–Trinajstić information content (AvgIpc) is 2.93. The van der Waals surface area contributed by atoms with Gasteiger partial charge in [-0.25, -0.2) is 9.07 Å². The van der Waals surface area contributed by atoms with Gasteiger partial charge in [0.05, 0.1) is 5.69 Å². The lowest BCUT2D eigenvalue weighted by Crippen LogP contribution is -2.13. The van der Waals surface area contributed by atoms with Crippen LogP contribution in [0.1, 0.15) is 23.6 Å². The summed E-state index contributed by atoms with van der Waals surface area (Å²) in [5.41, 5.74) is 2.45. The Morgan fingerprint density at radius 3 is 2.76 bits per heavy atom. The molecule has 3 rings (SSSR count). The van der Waals surface area contributed by atoms with Gasteiger partial charge < -0.3 is 0 Å². The van der Waals surface area contributed by atoms with Crippen molar-refractivity contribution in [3.8, 4) is 5.69 Å². The van der Waals surface area contributed by atoms with E-state index in [9.17, 15) is 9.18 Å². The molecule has 1 aromatic carbocycles. The Labute approximate surface area is 97.9 Å². The number of benzene rings is 1. The molecule has 0 bridgehead atoms. The Morgan fingerprint density at radius 1 is 1.41 bits per heavy atom. The maximum Gasteiger partial charge on any atom is 0.271 e. The van der Waals surface area contributed by atoms with Crippen LogP contribution >= 0.6 is 0 Å². The number of hydrogen-bond acceptors (Lipinski definition) is 1. The van der Waals surface area contributed by atoms with E-state index in [4.69, 9.17) is 0 Å². The molecule has 4 heteroatoms. The summed E-state index contributed by atoms with van der Waals surface area (Å²) < 4.78 is 14.5. The maximum atomic E-state index is 13.0. The minimum atomic E-state index is -0.715. The fourth-order valence-electron chi connectivity index (χ4n) is 2.11. The molecule has 0 aliphatic heterocycles. The van der Waals surface area contributed by atoms with E-state index in [2.05, 4.69) is 5.10 Å². The van der Waals surface area contributed by atoms with E-state index in [1.807, 2.05) is 31.2 Å². The number of nitrogens with zero attached hydrogens (tertiary/aromatic N) is 1. The third-order valence-electron chi connectivity index (χ3n) is 3.12. The first kappa shape index (κ1) is 10.3. The lowest BCUT2D eigenvalue weighted by atomic mass is 10.1. The van der Waals surface area contributed by atoms with Crippen LogP contribution in [0.15, 0.2) is 35.1 Å². The van der Waals surface area contributed by atoms with Gasteiger partial charge in [-0.05, 0) is 31.0 Å². The predicted molar refractivity (Wildman–Crippen MR) is 63.4 cm³/mol. The van der Waals surface area contributed by atoms with E-state index in [-0.39, 0.29) is 11.5 Å². The lowest BCUT2D eigenvalue weighted by molar-refractivity contribution is 0.468. The molecular formula is C13H13FN2O. The summed E-state index contributed by atoms with van der Waals surface area (Å²) in [4.78, 5) is 11.7. The number of rotatable bonds is 2. The Bertz CT molecular complexity index is 614. The molecular weight excluding hydrogens is 219 g/mol. The van der Waals surface area contributed by atoms with Gasteiger partial charge in [0.1, 0.15) is 6.17 Å². The second-order valence-electron chi connectivity index (χ2n) is 4.57. The number of hydrogen-bond donors (Lipinski definition) is 1. The summed E-state index contributed by atoms with van der Waals surface area (Å²) in [5.74, 6) is 0.0155. The third kappa shape index (κ3) is 1.79. The van der Waals surface area contributed by atoms with E-state index in [0.29, 0.717) is 6.42 Å². The molecule has 3 nitrogen and oxygen atoms in total. The monoisotopic (exact) mass is 232 g/mol. The molecule has 1 fully saturated rings. The number of halogens is 1. The SMILES string of the molecule is Cc1cc(=O)n(-c2cccc(C3CC3F)c2)[nH]1. The van der Waals surface area contributed by atoms with Gasteiger partial charge in [-0.15, -0.1) is 0 Å². The van der Waals surface area contributed by atoms with Crippen LogP contribution in [0.5, 0.6) is 0 Å².